The number of rotatable bonds is 1. The van der Waals surface area contributed by atoms with E-state index in [2.05, 4.69) is 30.4 Å². The molecule has 1 aromatic carbocycles. The summed E-state index contributed by atoms with van der Waals surface area (Å²) in [6, 6.07) is 8.29. The van der Waals surface area contributed by atoms with Gasteiger partial charge in [-0.3, -0.25) is 0 Å². The van der Waals surface area contributed by atoms with Gasteiger partial charge in [0.25, 0.3) is 0 Å². The van der Waals surface area contributed by atoms with Crippen LogP contribution in [0, 0.1) is 0 Å². The zero-order valence-electron chi connectivity index (χ0n) is 7.88. The van der Waals surface area contributed by atoms with Gasteiger partial charge in [-0.1, -0.05) is 18.2 Å². The number of aryl methyl sites for hydroxylation is 1. The second kappa shape index (κ2) is 3.04. The maximum atomic E-state index is 9.21. The van der Waals surface area contributed by atoms with Crippen LogP contribution >= 0.6 is 0 Å². The molecule has 0 saturated carbocycles. The zero-order chi connectivity index (χ0) is 9.31. The van der Waals surface area contributed by atoms with Crippen LogP contribution in [0.3, 0.4) is 0 Å². The summed E-state index contributed by atoms with van der Waals surface area (Å²) in [5.74, 6) is 0. The lowest BCUT2D eigenvalue weighted by Gasteiger charge is -2.35. The number of hydrogen-bond acceptors (Lipinski definition) is 2. The summed E-state index contributed by atoms with van der Waals surface area (Å²) in [6.07, 6.45) is 2.06. The van der Waals surface area contributed by atoms with Gasteiger partial charge in [-0.2, -0.15) is 0 Å². The molecule has 0 saturated heterocycles. The second-order valence-corrected chi connectivity index (χ2v) is 4.00. The third kappa shape index (κ3) is 1.54. The van der Waals surface area contributed by atoms with Crippen molar-refractivity contribution < 1.29 is 5.11 Å². The van der Waals surface area contributed by atoms with Crippen molar-refractivity contribution in [1.82, 2.24) is 0 Å². The van der Waals surface area contributed by atoms with Crippen LogP contribution in [0.5, 0.6) is 0 Å². The maximum Gasteiger partial charge on any atom is 0.0658 e. The summed E-state index contributed by atoms with van der Waals surface area (Å²) in [6.45, 7) is 2.25. The molecule has 1 atom stereocenters. The molecule has 2 nitrogen and oxygen atoms in total. The fourth-order valence-corrected chi connectivity index (χ4v) is 1.78. The number of aliphatic hydroxyl groups excluding tert-OH is 1. The standard InChI is InChI=1S/C11H15NO/c1-11(8-13)7-6-9-4-2-3-5-10(9)12-11/h2-5,12-13H,6-8H2,1H3. The highest BCUT2D eigenvalue weighted by Gasteiger charge is 2.27. The average molecular weight is 177 g/mol. The van der Waals surface area contributed by atoms with Gasteiger partial charge in [0.15, 0.2) is 0 Å². The summed E-state index contributed by atoms with van der Waals surface area (Å²) in [4.78, 5) is 0. The van der Waals surface area contributed by atoms with Crippen molar-refractivity contribution in [3.63, 3.8) is 0 Å². The van der Waals surface area contributed by atoms with E-state index in [0.717, 1.165) is 12.8 Å². The Labute approximate surface area is 78.6 Å². The minimum atomic E-state index is -0.131. The molecule has 0 spiro atoms. The van der Waals surface area contributed by atoms with Crippen LogP contribution in [0.15, 0.2) is 24.3 Å². The van der Waals surface area contributed by atoms with Gasteiger partial charge in [-0.25, -0.2) is 0 Å². The maximum absolute atomic E-state index is 9.21. The van der Waals surface area contributed by atoms with Crippen molar-refractivity contribution in [3.05, 3.63) is 29.8 Å². The summed E-state index contributed by atoms with van der Waals surface area (Å²) in [5.41, 5.74) is 2.40. The Balaban J connectivity index is 2.29. The Morgan fingerprint density at radius 1 is 1.46 bits per heavy atom. The van der Waals surface area contributed by atoms with Crippen LogP contribution in [-0.2, 0) is 6.42 Å². The first-order valence-corrected chi connectivity index (χ1v) is 4.70. The lowest BCUT2D eigenvalue weighted by atomic mass is 9.88. The van der Waals surface area contributed by atoms with Crippen molar-refractivity contribution in [2.45, 2.75) is 25.3 Å². The molecular weight excluding hydrogens is 162 g/mol. The first-order valence-electron chi connectivity index (χ1n) is 4.70. The smallest absolute Gasteiger partial charge is 0.0658 e. The summed E-state index contributed by atoms with van der Waals surface area (Å²) >= 11 is 0. The molecule has 1 unspecified atom stereocenters. The van der Waals surface area contributed by atoms with Crippen LogP contribution in [0.25, 0.3) is 0 Å². The van der Waals surface area contributed by atoms with Gasteiger partial charge in [0, 0.05) is 5.69 Å². The normalized spacial score (nSPS) is 26.3. The molecule has 1 heterocycles. The van der Waals surface area contributed by atoms with Crippen LogP contribution in [0.4, 0.5) is 5.69 Å². The Hall–Kier alpha value is -1.02. The van der Waals surface area contributed by atoms with E-state index in [0.29, 0.717) is 0 Å². The predicted octanol–water partition coefficient (Wildman–Crippen LogP) is 1.80. The van der Waals surface area contributed by atoms with Crippen molar-refractivity contribution >= 4 is 5.69 Å². The Bertz CT molecular complexity index is 311. The van der Waals surface area contributed by atoms with Crippen LogP contribution in [-0.4, -0.2) is 17.3 Å². The molecule has 1 aliphatic heterocycles. The van der Waals surface area contributed by atoms with Gasteiger partial charge in [0.2, 0.25) is 0 Å². The number of fused-ring (bicyclic) bond motifs is 1. The van der Waals surface area contributed by atoms with Crippen LogP contribution in [0.1, 0.15) is 18.9 Å². The van der Waals surface area contributed by atoms with E-state index in [-0.39, 0.29) is 12.1 Å². The highest BCUT2D eigenvalue weighted by atomic mass is 16.3. The molecule has 0 aromatic heterocycles. The molecule has 0 amide bonds. The van der Waals surface area contributed by atoms with E-state index in [1.165, 1.54) is 11.3 Å². The molecule has 70 valence electrons. The lowest BCUT2D eigenvalue weighted by Crippen LogP contribution is -2.42. The SMILES string of the molecule is CC1(CO)CCc2ccccc2N1. The van der Waals surface area contributed by atoms with E-state index < -0.39 is 0 Å². The highest BCUT2D eigenvalue weighted by Crippen LogP contribution is 2.29. The summed E-state index contributed by atoms with van der Waals surface area (Å²) in [7, 11) is 0. The quantitative estimate of drug-likeness (QED) is 0.685. The topological polar surface area (TPSA) is 32.3 Å². The molecular formula is C11H15NO. The van der Waals surface area contributed by atoms with Gasteiger partial charge in [-0.05, 0) is 31.4 Å². The monoisotopic (exact) mass is 177 g/mol. The van der Waals surface area contributed by atoms with E-state index >= 15 is 0 Å². The fraction of sp³-hybridized carbons (Fsp3) is 0.455. The summed E-state index contributed by atoms with van der Waals surface area (Å²) in [5, 5.41) is 12.6. The van der Waals surface area contributed by atoms with E-state index in [1.54, 1.807) is 0 Å². The first-order chi connectivity index (χ1) is 6.23. The van der Waals surface area contributed by atoms with Crippen LogP contribution in [0.2, 0.25) is 0 Å². The number of benzene rings is 1. The lowest BCUT2D eigenvalue weighted by molar-refractivity contribution is 0.212. The largest absolute Gasteiger partial charge is 0.394 e. The van der Waals surface area contributed by atoms with Crippen molar-refractivity contribution in [2.24, 2.45) is 0 Å². The van der Waals surface area contributed by atoms with Gasteiger partial charge in [0.1, 0.15) is 0 Å². The van der Waals surface area contributed by atoms with Gasteiger partial charge in [-0.15, -0.1) is 0 Å². The molecule has 13 heavy (non-hydrogen) atoms. The average Bonchev–Trinajstić information content (AvgIpc) is 2.18. The minimum Gasteiger partial charge on any atom is -0.394 e. The number of hydrogen-bond donors (Lipinski definition) is 2. The molecule has 2 heteroatoms. The van der Waals surface area contributed by atoms with E-state index in [9.17, 15) is 5.11 Å². The zero-order valence-corrected chi connectivity index (χ0v) is 7.88. The summed E-state index contributed by atoms with van der Waals surface area (Å²) < 4.78 is 0. The molecule has 0 fully saturated rings. The molecule has 2 rings (SSSR count). The molecule has 0 radical (unpaired) electrons. The predicted molar refractivity (Wildman–Crippen MR) is 53.9 cm³/mol. The number of anilines is 1. The number of para-hydroxylation sites is 1. The van der Waals surface area contributed by atoms with Gasteiger partial charge >= 0.3 is 0 Å². The van der Waals surface area contributed by atoms with Crippen molar-refractivity contribution in [2.75, 3.05) is 11.9 Å². The number of nitrogens with one attached hydrogen (secondary N) is 1. The van der Waals surface area contributed by atoms with E-state index in [1.807, 2.05) is 6.07 Å². The molecule has 2 N–H and O–H groups in total. The Morgan fingerprint density at radius 2 is 2.23 bits per heavy atom. The third-order valence-corrected chi connectivity index (χ3v) is 2.75. The Morgan fingerprint density at radius 3 is 3.00 bits per heavy atom. The first kappa shape index (κ1) is 8.57. The highest BCUT2D eigenvalue weighted by molar-refractivity contribution is 5.55. The molecule has 1 aromatic rings. The molecule has 0 bridgehead atoms. The second-order valence-electron chi connectivity index (χ2n) is 4.00. The molecule has 1 aliphatic rings. The van der Waals surface area contributed by atoms with E-state index in [4.69, 9.17) is 0 Å². The van der Waals surface area contributed by atoms with Gasteiger partial charge < -0.3 is 10.4 Å². The Kier molecular flexibility index (Phi) is 2.00. The van der Waals surface area contributed by atoms with Crippen molar-refractivity contribution in [3.8, 4) is 0 Å². The molecule has 0 aliphatic carbocycles. The fourth-order valence-electron chi connectivity index (χ4n) is 1.78. The minimum absolute atomic E-state index is 0.131. The van der Waals surface area contributed by atoms with Crippen molar-refractivity contribution in [1.29, 1.82) is 0 Å². The van der Waals surface area contributed by atoms with Gasteiger partial charge in [0.05, 0.1) is 12.1 Å². The van der Waals surface area contributed by atoms with Crippen LogP contribution < -0.4 is 5.32 Å². The number of aliphatic hydroxyl groups is 1. The third-order valence-electron chi connectivity index (χ3n) is 2.75.